The Balaban J connectivity index is 1.54. The third kappa shape index (κ3) is 2.77. The fraction of sp³-hybridized carbons (Fsp3) is 0.696. The Morgan fingerprint density at radius 1 is 1.13 bits per heavy atom. The van der Waals surface area contributed by atoms with E-state index in [0.29, 0.717) is 42.0 Å². The second-order valence-corrected chi connectivity index (χ2v) is 9.64. The molecule has 2 heterocycles. The van der Waals surface area contributed by atoms with Gasteiger partial charge in [0.05, 0.1) is 0 Å². The van der Waals surface area contributed by atoms with E-state index in [2.05, 4.69) is 30.1 Å². The van der Waals surface area contributed by atoms with Crippen LogP contribution in [0.1, 0.15) is 51.3 Å². The molecule has 2 aromatic heterocycles. The first-order valence-electron chi connectivity index (χ1n) is 11.6. The van der Waals surface area contributed by atoms with Crippen molar-refractivity contribution in [2.24, 2.45) is 23.7 Å². The summed E-state index contributed by atoms with van der Waals surface area (Å²) in [5, 5.41) is 0. The largest absolute Gasteiger partial charge is 0.336 e. The second kappa shape index (κ2) is 7.22. The number of hydrogen-bond acceptors (Lipinski definition) is 4. The molecule has 5 unspecified atom stereocenters. The van der Waals surface area contributed by atoms with Crippen molar-refractivity contribution in [3.05, 3.63) is 38.3 Å². The number of nitrogens with zero attached hydrogens (tertiary/aromatic N) is 4. The van der Waals surface area contributed by atoms with E-state index in [9.17, 15) is 9.59 Å². The maximum Gasteiger partial charge on any atom is 0.332 e. The van der Waals surface area contributed by atoms with Gasteiger partial charge in [0.1, 0.15) is 11.3 Å². The summed E-state index contributed by atoms with van der Waals surface area (Å²) in [5.41, 5.74) is 2.24. The Labute approximate surface area is 176 Å². The minimum Gasteiger partial charge on any atom is -0.336 e. The summed E-state index contributed by atoms with van der Waals surface area (Å²) in [7, 11) is 4.23. The van der Waals surface area contributed by atoms with E-state index in [1.807, 2.05) is 13.8 Å². The predicted octanol–water partition coefficient (Wildman–Crippen LogP) is 2.56. The van der Waals surface area contributed by atoms with Crippen LogP contribution in [0.4, 0.5) is 0 Å². The molecule has 2 aromatic rings. The molecule has 7 heteroatoms. The summed E-state index contributed by atoms with van der Waals surface area (Å²) in [6.07, 6.45) is 6.41. The van der Waals surface area contributed by atoms with Crippen molar-refractivity contribution in [2.45, 2.75) is 58.5 Å². The van der Waals surface area contributed by atoms with Gasteiger partial charge in [-0.15, -0.1) is 0 Å². The van der Waals surface area contributed by atoms with E-state index in [4.69, 9.17) is 4.98 Å². The van der Waals surface area contributed by atoms with Gasteiger partial charge >= 0.3 is 5.69 Å². The van der Waals surface area contributed by atoms with Crippen LogP contribution < -0.4 is 11.2 Å². The van der Waals surface area contributed by atoms with Gasteiger partial charge in [0.15, 0.2) is 5.65 Å². The molecule has 4 aliphatic carbocycles. The maximum atomic E-state index is 13.0. The fourth-order valence-corrected chi connectivity index (χ4v) is 6.30. The molecule has 162 valence electrons. The van der Waals surface area contributed by atoms with E-state index in [-0.39, 0.29) is 11.2 Å². The minimum absolute atomic E-state index is 0.220. The Morgan fingerprint density at radius 3 is 2.53 bits per heavy atom. The summed E-state index contributed by atoms with van der Waals surface area (Å²) >= 11 is 0. The lowest BCUT2D eigenvalue weighted by Crippen LogP contribution is -2.40. The highest BCUT2D eigenvalue weighted by molar-refractivity contribution is 5.70. The van der Waals surface area contributed by atoms with Crippen LogP contribution >= 0.6 is 0 Å². The van der Waals surface area contributed by atoms with Crippen LogP contribution in [-0.2, 0) is 13.1 Å². The average molecular weight is 412 g/mol. The third-order valence-corrected chi connectivity index (χ3v) is 7.46. The molecule has 5 atom stereocenters. The number of nitrogens with one attached hydrogen (secondary N) is 1. The molecule has 0 aliphatic heterocycles. The van der Waals surface area contributed by atoms with E-state index in [1.54, 1.807) is 10.1 Å². The van der Waals surface area contributed by atoms with Crippen LogP contribution in [0.25, 0.3) is 11.2 Å². The van der Waals surface area contributed by atoms with Gasteiger partial charge in [-0.2, -0.15) is 0 Å². The Kier molecular flexibility index (Phi) is 4.76. The number of imidazole rings is 1. The first-order chi connectivity index (χ1) is 14.5. The highest BCUT2D eigenvalue weighted by Crippen LogP contribution is 2.78. The van der Waals surface area contributed by atoms with Crippen LogP contribution in [0.2, 0.25) is 0 Å². The van der Waals surface area contributed by atoms with Crippen molar-refractivity contribution in [3.8, 4) is 0 Å². The molecule has 0 aromatic carbocycles. The zero-order valence-electron chi connectivity index (χ0n) is 18.5. The number of hydrogen-bond donors (Lipinski definition) is 1. The molecule has 4 aliphatic rings. The van der Waals surface area contributed by atoms with Crippen LogP contribution in [0, 0.1) is 23.7 Å². The van der Waals surface area contributed by atoms with E-state index in [1.165, 1.54) is 11.0 Å². The van der Waals surface area contributed by atoms with Gasteiger partial charge in [-0.3, -0.25) is 13.9 Å². The average Bonchev–Trinajstić information content (AvgIpc) is 3.12. The number of allylic oxidation sites excluding steroid dienone is 1. The number of fused-ring (bicyclic) bond motifs is 1. The Hall–Kier alpha value is -2.15. The summed E-state index contributed by atoms with van der Waals surface area (Å²) < 4.78 is 3.07. The van der Waals surface area contributed by atoms with Gasteiger partial charge in [0.2, 0.25) is 0 Å². The first kappa shape index (κ1) is 19.8. The summed E-state index contributed by atoms with van der Waals surface area (Å²) in [6, 6.07) is 0. The Bertz CT molecular complexity index is 1120. The standard InChI is InChI=1S/C23H33N5O2/c1-5-9-27-21-19(22(29)28(10-6-2)23(27)30)24-20(25-21)18-14-12-15-16(17(15)18)13(14)8-7-11-26(3)4/h8,14-18H,5-7,9-12H2,1-4H3,(H,24,25)/b13-8-. The lowest BCUT2D eigenvalue weighted by atomic mass is 9.94. The van der Waals surface area contributed by atoms with E-state index < -0.39 is 0 Å². The molecule has 6 rings (SSSR count). The maximum absolute atomic E-state index is 13.0. The summed E-state index contributed by atoms with van der Waals surface area (Å²) in [6.45, 7) is 6.15. The van der Waals surface area contributed by atoms with Gasteiger partial charge in [0.25, 0.3) is 5.56 Å². The highest BCUT2D eigenvalue weighted by atomic mass is 16.2. The third-order valence-electron chi connectivity index (χ3n) is 7.46. The van der Waals surface area contributed by atoms with Gasteiger partial charge in [-0.1, -0.05) is 25.5 Å². The van der Waals surface area contributed by atoms with Crippen LogP contribution in [-0.4, -0.2) is 44.6 Å². The fourth-order valence-electron chi connectivity index (χ4n) is 6.30. The van der Waals surface area contributed by atoms with Gasteiger partial charge in [-0.05, 0) is 63.5 Å². The topological polar surface area (TPSA) is 75.9 Å². The molecular weight excluding hydrogens is 378 g/mol. The molecule has 30 heavy (non-hydrogen) atoms. The SMILES string of the molecule is CCCn1c(=O)c2[nH]c(C3C4CC5C(/C4=C\CCN(C)C)C53)nc2n(CCC)c1=O. The minimum atomic E-state index is -0.224. The number of aryl methyl sites for hydroxylation is 1. The molecule has 7 nitrogen and oxygen atoms in total. The normalized spacial score (nSPS) is 30.3. The monoisotopic (exact) mass is 411 g/mol. The number of aromatic nitrogens is 4. The van der Waals surface area contributed by atoms with Gasteiger partial charge in [0, 0.05) is 25.6 Å². The van der Waals surface area contributed by atoms with Crippen LogP contribution in [0.15, 0.2) is 21.2 Å². The van der Waals surface area contributed by atoms with Crippen molar-refractivity contribution in [1.82, 2.24) is 24.0 Å². The molecule has 0 saturated heterocycles. The zero-order chi connectivity index (χ0) is 21.2. The van der Waals surface area contributed by atoms with Crippen molar-refractivity contribution in [3.63, 3.8) is 0 Å². The predicted molar refractivity (Wildman–Crippen MR) is 118 cm³/mol. The molecule has 4 saturated carbocycles. The molecule has 0 radical (unpaired) electrons. The smallest absolute Gasteiger partial charge is 0.332 e. The number of rotatable bonds is 8. The molecule has 0 amide bonds. The quantitative estimate of drug-likeness (QED) is 0.678. The van der Waals surface area contributed by atoms with Gasteiger partial charge in [-0.25, -0.2) is 9.78 Å². The van der Waals surface area contributed by atoms with Crippen LogP contribution in [0.5, 0.6) is 0 Å². The van der Waals surface area contributed by atoms with Crippen molar-refractivity contribution in [2.75, 3.05) is 20.6 Å². The summed E-state index contributed by atoms with van der Waals surface area (Å²) in [5.74, 6) is 4.06. The van der Waals surface area contributed by atoms with E-state index >= 15 is 0 Å². The molecule has 0 spiro atoms. The highest BCUT2D eigenvalue weighted by Gasteiger charge is 2.71. The molecular formula is C23H33N5O2. The number of H-pyrrole nitrogens is 1. The Morgan fingerprint density at radius 2 is 1.87 bits per heavy atom. The van der Waals surface area contributed by atoms with Crippen molar-refractivity contribution >= 4 is 11.2 Å². The molecule has 1 N–H and O–H groups in total. The van der Waals surface area contributed by atoms with Crippen LogP contribution in [0.3, 0.4) is 0 Å². The lowest BCUT2D eigenvalue weighted by Gasteiger charge is -2.14. The number of aromatic amines is 1. The lowest BCUT2D eigenvalue weighted by molar-refractivity contribution is 0.416. The zero-order valence-corrected chi connectivity index (χ0v) is 18.5. The van der Waals surface area contributed by atoms with Gasteiger partial charge < -0.3 is 9.88 Å². The second-order valence-electron chi connectivity index (χ2n) is 9.64. The van der Waals surface area contributed by atoms with Crippen molar-refractivity contribution in [1.29, 1.82) is 0 Å². The molecule has 4 bridgehead atoms. The van der Waals surface area contributed by atoms with E-state index in [0.717, 1.165) is 43.5 Å². The molecule has 4 fully saturated rings. The first-order valence-corrected chi connectivity index (χ1v) is 11.6. The van der Waals surface area contributed by atoms with Crippen molar-refractivity contribution < 1.29 is 0 Å². The summed E-state index contributed by atoms with van der Waals surface area (Å²) in [4.78, 5) is 36.5.